The average molecular weight is 269 g/mol. The molecule has 1 aromatic carbocycles. The zero-order chi connectivity index (χ0) is 12.3. The summed E-state index contributed by atoms with van der Waals surface area (Å²) in [5.74, 6) is 0.0576. The van der Waals surface area contributed by atoms with Crippen LogP contribution in [0, 0.1) is 0 Å². The maximum Gasteiger partial charge on any atom is 0.251 e. The third-order valence-corrected chi connectivity index (χ3v) is 3.34. The Hall–Kier alpha value is -1.22. The Labute approximate surface area is 115 Å². The highest BCUT2D eigenvalue weighted by molar-refractivity contribution is 5.94. The van der Waals surface area contributed by atoms with Gasteiger partial charge in [0.1, 0.15) is 0 Å². The number of carbonyl (C=O) groups excluding carboxylic acids is 1. The van der Waals surface area contributed by atoms with Crippen LogP contribution in [0.5, 0.6) is 0 Å². The quantitative estimate of drug-likeness (QED) is 0.914. The Morgan fingerprint density at radius 3 is 2.22 bits per heavy atom. The molecule has 1 amide bonds. The van der Waals surface area contributed by atoms with Crippen LogP contribution in [-0.4, -0.2) is 26.0 Å². The molecule has 0 unspecified atom stereocenters. The lowest BCUT2D eigenvalue weighted by molar-refractivity contribution is 0.0938. The summed E-state index contributed by atoms with van der Waals surface area (Å²) in [5.41, 5.74) is 1.87. The van der Waals surface area contributed by atoms with Crippen molar-refractivity contribution in [3.8, 4) is 0 Å². The van der Waals surface area contributed by atoms with Crippen LogP contribution in [0.1, 0.15) is 36.0 Å². The summed E-state index contributed by atoms with van der Waals surface area (Å²) in [6.45, 7) is 0. The van der Waals surface area contributed by atoms with Gasteiger partial charge in [-0.1, -0.05) is 12.8 Å². The van der Waals surface area contributed by atoms with Crippen molar-refractivity contribution in [1.82, 2.24) is 5.32 Å². The summed E-state index contributed by atoms with van der Waals surface area (Å²) in [5, 5.41) is 3.09. The van der Waals surface area contributed by atoms with E-state index in [4.69, 9.17) is 0 Å². The van der Waals surface area contributed by atoms with Gasteiger partial charge in [-0.2, -0.15) is 0 Å². The van der Waals surface area contributed by atoms with Crippen molar-refractivity contribution in [3.63, 3.8) is 0 Å². The number of hydrogen-bond acceptors (Lipinski definition) is 2. The zero-order valence-electron chi connectivity index (χ0n) is 11.0. The molecule has 1 aliphatic carbocycles. The van der Waals surface area contributed by atoms with E-state index in [1.165, 1.54) is 12.8 Å². The average Bonchev–Trinajstić information content (AvgIpc) is 2.82. The summed E-state index contributed by atoms with van der Waals surface area (Å²) >= 11 is 0. The van der Waals surface area contributed by atoms with Crippen molar-refractivity contribution in [3.05, 3.63) is 29.8 Å². The molecule has 4 heteroatoms. The SMILES string of the molecule is CN(C)c1ccc(C(=O)NC2CCCC2)cc1.Cl. The van der Waals surface area contributed by atoms with E-state index >= 15 is 0 Å². The number of benzene rings is 1. The molecule has 1 fully saturated rings. The maximum absolute atomic E-state index is 12.0. The number of amides is 1. The van der Waals surface area contributed by atoms with Crippen molar-refractivity contribution < 1.29 is 4.79 Å². The molecule has 0 radical (unpaired) electrons. The molecule has 0 saturated heterocycles. The Bertz CT molecular complexity index is 383. The molecular formula is C14H21ClN2O. The Morgan fingerprint density at radius 1 is 1.17 bits per heavy atom. The minimum atomic E-state index is 0. The number of anilines is 1. The Kier molecular flexibility index (Phi) is 5.48. The van der Waals surface area contributed by atoms with E-state index in [-0.39, 0.29) is 18.3 Å². The fourth-order valence-corrected chi connectivity index (χ4v) is 2.25. The van der Waals surface area contributed by atoms with Crippen molar-refractivity contribution in [2.75, 3.05) is 19.0 Å². The topological polar surface area (TPSA) is 32.3 Å². The van der Waals surface area contributed by atoms with Crippen LogP contribution in [0.25, 0.3) is 0 Å². The van der Waals surface area contributed by atoms with E-state index in [1.54, 1.807) is 0 Å². The van der Waals surface area contributed by atoms with Crippen LogP contribution in [0.15, 0.2) is 24.3 Å². The molecule has 1 N–H and O–H groups in total. The lowest BCUT2D eigenvalue weighted by Gasteiger charge is -2.14. The van der Waals surface area contributed by atoms with Gasteiger partial charge in [0.2, 0.25) is 0 Å². The van der Waals surface area contributed by atoms with Crippen LogP contribution < -0.4 is 10.2 Å². The molecule has 0 aliphatic heterocycles. The zero-order valence-corrected chi connectivity index (χ0v) is 11.8. The normalized spacial score (nSPS) is 15.0. The van der Waals surface area contributed by atoms with Gasteiger partial charge in [-0.3, -0.25) is 4.79 Å². The number of halogens is 1. The van der Waals surface area contributed by atoms with Crippen LogP contribution in [-0.2, 0) is 0 Å². The molecule has 100 valence electrons. The molecule has 0 bridgehead atoms. The smallest absolute Gasteiger partial charge is 0.251 e. The minimum absolute atomic E-state index is 0. The van der Waals surface area contributed by atoms with Crippen LogP contribution in [0.4, 0.5) is 5.69 Å². The van der Waals surface area contributed by atoms with Gasteiger partial charge in [0, 0.05) is 31.4 Å². The second-order valence-electron chi connectivity index (χ2n) is 4.90. The summed E-state index contributed by atoms with van der Waals surface area (Å²) in [4.78, 5) is 14.0. The Morgan fingerprint density at radius 2 is 1.72 bits per heavy atom. The van der Waals surface area contributed by atoms with E-state index < -0.39 is 0 Å². The van der Waals surface area contributed by atoms with Gasteiger partial charge >= 0.3 is 0 Å². The first-order valence-corrected chi connectivity index (χ1v) is 6.25. The van der Waals surface area contributed by atoms with Crippen molar-refractivity contribution >= 4 is 24.0 Å². The standard InChI is InChI=1S/C14H20N2O.ClH/c1-16(2)13-9-7-11(8-10-13)14(17)15-12-5-3-4-6-12;/h7-10,12H,3-6H2,1-2H3,(H,15,17);1H. The van der Waals surface area contributed by atoms with Crippen LogP contribution >= 0.6 is 12.4 Å². The first-order valence-electron chi connectivity index (χ1n) is 6.25. The van der Waals surface area contributed by atoms with E-state index in [2.05, 4.69) is 5.32 Å². The highest BCUT2D eigenvalue weighted by Crippen LogP contribution is 2.18. The summed E-state index contributed by atoms with van der Waals surface area (Å²) < 4.78 is 0. The number of rotatable bonds is 3. The van der Waals surface area contributed by atoms with Gasteiger partial charge in [-0.05, 0) is 37.1 Å². The van der Waals surface area contributed by atoms with Crippen molar-refractivity contribution in [1.29, 1.82) is 0 Å². The van der Waals surface area contributed by atoms with Gasteiger partial charge in [0.15, 0.2) is 0 Å². The van der Waals surface area contributed by atoms with Gasteiger partial charge < -0.3 is 10.2 Å². The van der Waals surface area contributed by atoms with Crippen LogP contribution in [0.3, 0.4) is 0 Å². The fraction of sp³-hybridized carbons (Fsp3) is 0.500. The Balaban J connectivity index is 0.00000162. The first kappa shape index (κ1) is 14.8. The minimum Gasteiger partial charge on any atom is -0.378 e. The molecule has 18 heavy (non-hydrogen) atoms. The number of carbonyl (C=O) groups is 1. The first-order chi connectivity index (χ1) is 8.16. The lowest BCUT2D eigenvalue weighted by atomic mass is 10.1. The van der Waals surface area contributed by atoms with Crippen molar-refractivity contribution in [2.45, 2.75) is 31.7 Å². The molecule has 1 aliphatic rings. The summed E-state index contributed by atoms with van der Waals surface area (Å²) in [6, 6.07) is 8.11. The van der Waals surface area contributed by atoms with Gasteiger partial charge in [0.25, 0.3) is 5.91 Å². The third kappa shape index (κ3) is 3.64. The highest BCUT2D eigenvalue weighted by atomic mass is 35.5. The highest BCUT2D eigenvalue weighted by Gasteiger charge is 2.17. The second kappa shape index (κ2) is 6.64. The fourth-order valence-electron chi connectivity index (χ4n) is 2.25. The molecule has 0 spiro atoms. The predicted molar refractivity (Wildman–Crippen MR) is 77.7 cm³/mol. The third-order valence-electron chi connectivity index (χ3n) is 3.34. The number of nitrogens with zero attached hydrogens (tertiary/aromatic N) is 1. The predicted octanol–water partition coefficient (Wildman–Crippen LogP) is 2.85. The lowest BCUT2D eigenvalue weighted by Crippen LogP contribution is -2.32. The van der Waals surface area contributed by atoms with E-state index in [9.17, 15) is 4.79 Å². The van der Waals surface area contributed by atoms with E-state index in [0.717, 1.165) is 24.1 Å². The molecular weight excluding hydrogens is 248 g/mol. The van der Waals surface area contributed by atoms with Gasteiger partial charge in [0.05, 0.1) is 0 Å². The molecule has 1 saturated carbocycles. The molecule has 0 aromatic heterocycles. The molecule has 0 atom stereocenters. The van der Waals surface area contributed by atoms with Gasteiger partial charge in [-0.15, -0.1) is 12.4 Å². The second-order valence-corrected chi connectivity index (χ2v) is 4.90. The van der Waals surface area contributed by atoms with Crippen LogP contribution in [0.2, 0.25) is 0 Å². The maximum atomic E-state index is 12.0. The van der Waals surface area contributed by atoms with Gasteiger partial charge in [-0.25, -0.2) is 0 Å². The monoisotopic (exact) mass is 268 g/mol. The number of hydrogen-bond donors (Lipinski definition) is 1. The number of nitrogens with one attached hydrogen (secondary N) is 1. The summed E-state index contributed by atoms with van der Waals surface area (Å²) in [6.07, 6.45) is 4.73. The molecule has 0 heterocycles. The molecule has 1 aromatic rings. The van der Waals surface area contributed by atoms with E-state index in [1.807, 2.05) is 43.3 Å². The summed E-state index contributed by atoms with van der Waals surface area (Å²) in [7, 11) is 3.99. The molecule has 2 rings (SSSR count). The molecule has 3 nitrogen and oxygen atoms in total. The largest absolute Gasteiger partial charge is 0.378 e. The van der Waals surface area contributed by atoms with Crippen molar-refractivity contribution in [2.24, 2.45) is 0 Å². The van der Waals surface area contributed by atoms with E-state index in [0.29, 0.717) is 6.04 Å².